The molecule has 0 unspecified atom stereocenters. The predicted octanol–water partition coefficient (Wildman–Crippen LogP) is 6.56. The Bertz CT molecular complexity index is 1790. The van der Waals surface area contributed by atoms with E-state index in [-0.39, 0.29) is 11.8 Å². The van der Waals surface area contributed by atoms with Crippen molar-refractivity contribution >= 4 is 33.2 Å². The number of carbonyl (C=O) groups is 1. The van der Waals surface area contributed by atoms with Crippen molar-refractivity contribution in [2.75, 3.05) is 70.5 Å². The number of benzene rings is 2. The Morgan fingerprint density at radius 3 is 2.51 bits per heavy atom. The summed E-state index contributed by atoms with van der Waals surface area (Å²) in [6, 6.07) is 11.9. The lowest BCUT2D eigenvalue weighted by atomic mass is 9.63. The van der Waals surface area contributed by atoms with Crippen LogP contribution in [0.25, 0.3) is 0 Å². The van der Waals surface area contributed by atoms with Gasteiger partial charge in [-0.2, -0.15) is 0 Å². The van der Waals surface area contributed by atoms with Gasteiger partial charge in [0.15, 0.2) is 0 Å². The van der Waals surface area contributed by atoms with Gasteiger partial charge in [0, 0.05) is 56.4 Å². The summed E-state index contributed by atoms with van der Waals surface area (Å²) in [5, 5.41) is -0.0641. The highest BCUT2D eigenvalue weighted by atomic mass is 35.5. The maximum Gasteiger partial charge on any atom is 0.264 e. The number of halogens is 1. The molecule has 302 valence electrons. The highest BCUT2D eigenvalue weighted by Crippen LogP contribution is 2.47. The molecule has 5 atom stereocenters. The number of rotatable bonds is 6. The molecule has 7 rings (SSSR count). The molecule has 1 aliphatic carbocycles. The zero-order valence-corrected chi connectivity index (χ0v) is 34.8. The molecule has 0 radical (unpaired) electrons. The first-order chi connectivity index (χ1) is 26.4. The van der Waals surface area contributed by atoms with E-state index in [1.54, 1.807) is 13.0 Å². The number of hydrogen-bond acceptors (Lipinski definition) is 9. The monoisotopic (exact) mass is 796 g/mol. The number of piperazine rings is 1. The number of allylic oxidation sites excluding steroid dienone is 1. The van der Waals surface area contributed by atoms with Gasteiger partial charge in [0.2, 0.25) is 10.0 Å². The van der Waals surface area contributed by atoms with Crippen LogP contribution in [0, 0.1) is 23.7 Å². The van der Waals surface area contributed by atoms with Crippen molar-refractivity contribution < 1.29 is 27.4 Å². The van der Waals surface area contributed by atoms with Crippen molar-refractivity contribution in [2.24, 2.45) is 23.7 Å². The molecule has 4 aliphatic heterocycles. The van der Waals surface area contributed by atoms with Gasteiger partial charge in [-0.25, -0.2) is 13.1 Å². The summed E-state index contributed by atoms with van der Waals surface area (Å²) in [5.74, 6) is 0.813. The van der Waals surface area contributed by atoms with E-state index in [0.29, 0.717) is 48.8 Å². The van der Waals surface area contributed by atoms with Gasteiger partial charge in [0.25, 0.3) is 5.91 Å². The second-order valence-corrected chi connectivity index (χ2v) is 19.7. The fourth-order valence-corrected chi connectivity index (χ4v) is 10.4. The van der Waals surface area contributed by atoms with Gasteiger partial charge < -0.3 is 19.1 Å². The van der Waals surface area contributed by atoms with Crippen LogP contribution in [0.1, 0.15) is 81.3 Å². The first-order valence-electron chi connectivity index (χ1n) is 20.6. The molecule has 55 heavy (non-hydrogen) atoms. The van der Waals surface area contributed by atoms with E-state index in [1.807, 2.05) is 37.3 Å². The van der Waals surface area contributed by atoms with Gasteiger partial charge in [-0.05, 0) is 111 Å². The summed E-state index contributed by atoms with van der Waals surface area (Å²) in [5.41, 5.74) is 2.88. The van der Waals surface area contributed by atoms with Crippen LogP contribution in [0.4, 0.5) is 5.69 Å². The lowest BCUT2D eigenvalue weighted by Gasteiger charge is -2.53. The molecule has 2 aromatic carbocycles. The van der Waals surface area contributed by atoms with Crippen LogP contribution in [-0.2, 0) is 32.5 Å². The number of aryl methyl sites for hydroxylation is 1. The van der Waals surface area contributed by atoms with Gasteiger partial charge in [0.1, 0.15) is 18.0 Å². The number of nitrogens with one attached hydrogen (secondary N) is 1. The van der Waals surface area contributed by atoms with Crippen molar-refractivity contribution in [1.29, 1.82) is 0 Å². The number of nitrogens with zero attached hydrogens (tertiary/aromatic N) is 3. The number of carbonyl (C=O) groups excluding carboxylic acids is 1. The number of fused-ring (bicyclic) bond motifs is 3. The normalized spacial score (nSPS) is 30.4. The van der Waals surface area contributed by atoms with Crippen LogP contribution >= 0.6 is 11.6 Å². The zero-order chi connectivity index (χ0) is 38.7. The second kappa shape index (κ2) is 17.4. The van der Waals surface area contributed by atoms with Crippen LogP contribution < -0.4 is 14.4 Å². The molecule has 1 N–H and O–H groups in total. The Balaban J connectivity index is 1.26. The molecule has 4 heterocycles. The SMILES string of the molecule is CC(C)CO[C@@]1(CN2CCN(C3COC3)CC2)/C=C/C[C@H](C)[C@@H](C)S(=O)(=O)NC(=O)c2ccc3c(c2)N(CCCCc2cc(Cl)ccc2CO3)C[C@@H]2CC[C@H]21. The molecule has 3 fully saturated rings. The molecule has 1 saturated carbocycles. The summed E-state index contributed by atoms with van der Waals surface area (Å²) in [6.45, 7) is 17.1. The Hall–Kier alpha value is -2.67. The standard InChI is InChI=1S/C43H61ClN4O6S/c1-30(2)25-54-43(29-46-18-20-47(21-19-46)38-27-52-28-38)16-7-8-31(3)32(4)55(50,51)45-42(49)34-12-15-41-40(23-34)48(24-35-11-14-39(35)43)17-6-5-9-33-22-37(44)13-10-36(33)26-53-41/h7,10,12-13,15-16,22-23,30-32,35,38-39H,5-6,8-9,11,14,17-21,24-29H2,1-4H3,(H,45,49)/b16-7+/t31-,32+,35-,39+,43+/m0/s1. The maximum absolute atomic E-state index is 13.7. The molecular weight excluding hydrogens is 736 g/mol. The van der Waals surface area contributed by atoms with Crippen molar-refractivity contribution in [2.45, 2.75) is 89.7 Å². The maximum atomic E-state index is 13.7. The predicted molar refractivity (Wildman–Crippen MR) is 219 cm³/mol. The Morgan fingerprint density at radius 1 is 1.00 bits per heavy atom. The minimum atomic E-state index is -3.97. The average molecular weight is 798 g/mol. The third kappa shape index (κ3) is 9.39. The van der Waals surface area contributed by atoms with Crippen LogP contribution in [0.2, 0.25) is 5.02 Å². The Labute approximate surface area is 333 Å². The average Bonchev–Trinajstić information content (AvgIpc) is 3.14. The van der Waals surface area contributed by atoms with E-state index in [2.05, 4.69) is 45.4 Å². The van der Waals surface area contributed by atoms with E-state index in [1.165, 1.54) is 5.56 Å². The fraction of sp³-hybridized carbons (Fsp3) is 0.651. The van der Waals surface area contributed by atoms with Crippen LogP contribution in [0.15, 0.2) is 48.6 Å². The molecule has 12 heteroatoms. The molecule has 2 aromatic rings. The topological polar surface area (TPSA) is 101 Å². The summed E-state index contributed by atoms with van der Waals surface area (Å²) in [4.78, 5) is 21.2. The molecule has 5 aliphatic rings. The number of anilines is 1. The number of sulfonamides is 1. The largest absolute Gasteiger partial charge is 0.487 e. The number of hydrogen-bond donors (Lipinski definition) is 1. The van der Waals surface area contributed by atoms with Gasteiger partial charge >= 0.3 is 0 Å². The zero-order valence-electron chi connectivity index (χ0n) is 33.2. The fourth-order valence-electron chi connectivity index (χ4n) is 8.94. The molecular formula is C43H61ClN4O6S. The van der Waals surface area contributed by atoms with Gasteiger partial charge in [-0.3, -0.25) is 14.6 Å². The minimum Gasteiger partial charge on any atom is -0.487 e. The Kier molecular flexibility index (Phi) is 12.9. The lowest BCUT2D eigenvalue weighted by molar-refractivity contribution is -0.127. The van der Waals surface area contributed by atoms with Crippen LogP contribution in [0.3, 0.4) is 0 Å². The van der Waals surface area contributed by atoms with Crippen molar-refractivity contribution in [3.05, 3.63) is 70.3 Å². The third-order valence-electron chi connectivity index (χ3n) is 12.9. The third-order valence-corrected chi connectivity index (χ3v) is 15.0. The van der Waals surface area contributed by atoms with Crippen molar-refractivity contribution in [3.8, 4) is 5.75 Å². The van der Waals surface area contributed by atoms with Gasteiger partial charge in [0.05, 0.1) is 36.8 Å². The van der Waals surface area contributed by atoms with E-state index in [0.717, 1.165) is 107 Å². The van der Waals surface area contributed by atoms with Crippen LogP contribution in [-0.4, -0.2) is 107 Å². The molecule has 10 nitrogen and oxygen atoms in total. The number of ether oxygens (including phenoxy) is 3. The Morgan fingerprint density at radius 2 is 1.80 bits per heavy atom. The molecule has 2 saturated heterocycles. The van der Waals surface area contributed by atoms with E-state index in [4.69, 9.17) is 25.8 Å². The molecule has 0 aromatic heterocycles. The quantitative estimate of drug-likeness (QED) is 0.326. The van der Waals surface area contributed by atoms with E-state index in [9.17, 15) is 13.2 Å². The first-order valence-corrected chi connectivity index (χ1v) is 22.5. The van der Waals surface area contributed by atoms with Crippen molar-refractivity contribution in [3.63, 3.8) is 0 Å². The minimum absolute atomic E-state index is 0.225. The number of amides is 1. The van der Waals surface area contributed by atoms with Gasteiger partial charge in [-0.15, -0.1) is 0 Å². The van der Waals surface area contributed by atoms with E-state index < -0.39 is 26.8 Å². The smallest absolute Gasteiger partial charge is 0.264 e. The summed E-state index contributed by atoms with van der Waals surface area (Å²) >= 11 is 6.43. The van der Waals surface area contributed by atoms with E-state index >= 15 is 0 Å². The highest BCUT2D eigenvalue weighted by Gasteiger charge is 2.49. The van der Waals surface area contributed by atoms with Crippen molar-refractivity contribution in [1.82, 2.24) is 14.5 Å². The molecule has 2 bridgehead atoms. The molecule has 0 spiro atoms. The first kappa shape index (κ1) is 40.5. The van der Waals surface area contributed by atoms with Gasteiger partial charge in [-0.1, -0.05) is 50.6 Å². The summed E-state index contributed by atoms with van der Waals surface area (Å²) < 4.78 is 49.1. The highest BCUT2D eigenvalue weighted by molar-refractivity contribution is 7.90. The summed E-state index contributed by atoms with van der Waals surface area (Å²) in [6.07, 6.45) is 10.0. The van der Waals surface area contributed by atoms with Crippen LogP contribution in [0.5, 0.6) is 5.75 Å². The molecule has 1 amide bonds. The lowest BCUT2D eigenvalue weighted by Crippen LogP contribution is -2.61. The second-order valence-electron chi connectivity index (χ2n) is 17.2. The summed E-state index contributed by atoms with van der Waals surface area (Å²) in [7, 11) is -3.97.